The van der Waals surface area contributed by atoms with E-state index in [9.17, 15) is 33.2 Å². The number of aromatic nitrogens is 2. The summed E-state index contributed by atoms with van der Waals surface area (Å²) in [6.07, 6.45) is -0.896. The Kier molecular flexibility index (Phi) is 6.21. The minimum absolute atomic E-state index is 0.111. The maximum Gasteiger partial charge on any atom is 0.416 e. The van der Waals surface area contributed by atoms with Gasteiger partial charge in [-0.1, -0.05) is 24.3 Å². The first-order chi connectivity index (χ1) is 16.4. The molecule has 1 saturated heterocycles. The number of halogens is 3. The first-order valence-corrected chi connectivity index (χ1v) is 10.9. The third-order valence-corrected chi connectivity index (χ3v) is 6.21. The molecule has 1 aromatic carbocycles. The van der Waals surface area contributed by atoms with Gasteiger partial charge in [-0.2, -0.15) is 13.2 Å². The number of alkyl halides is 3. The van der Waals surface area contributed by atoms with Crippen LogP contribution in [0, 0.1) is 10.1 Å². The highest BCUT2D eigenvalue weighted by atomic mass is 19.4. The van der Waals surface area contributed by atoms with Crippen molar-refractivity contribution in [2.45, 2.75) is 44.3 Å². The Labute approximate surface area is 198 Å². The lowest BCUT2D eigenvalue weighted by Gasteiger charge is -2.47. The van der Waals surface area contributed by atoms with E-state index < -0.39 is 40.4 Å². The number of rotatable bonds is 5. The van der Waals surface area contributed by atoms with Gasteiger partial charge in [0.15, 0.2) is 0 Å². The lowest BCUT2D eigenvalue weighted by molar-refractivity contribution is -0.389. The highest BCUT2D eigenvalue weighted by molar-refractivity contribution is 5.66. The molecule has 4 rings (SSSR count). The normalized spacial score (nSPS) is 25.0. The van der Waals surface area contributed by atoms with Crippen LogP contribution in [0.2, 0.25) is 0 Å². The summed E-state index contributed by atoms with van der Waals surface area (Å²) in [6, 6.07) is 3.60. The van der Waals surface area contributed by atoms with Gasteiger partial charge in [0.05, 0.1) is 24.2 Å². The summed E-state index contributed by atoms with van der Waals surface area (Å²) in [7, 11) is 0. The molecular weight excluding hydrogens is 471 g/mol. The third kappa shape index (κ3) is 4.81. The van der Waals surface area contributed by atoms with Gasteiger partial charge in [-0.15, -0.1) is 0 Å². The zero-order valence-electron chi connectivity index (χ0n) is 19.0. The molecule has 0 aliphatic carbocycles. The number of nitrogens with zero attached hydrogens (tertiary/aromatic N) is 5. The minimum atomic E-state index is -4.49. The van der Waals surface area contributed by atoms with E-state index in [0.717, 1.165) is 12.1 Å². The summed E-state index contributed by atoms with van der Waals surface area (Å²) < 4.78 is 46.9. The average Bonchev–Trinajstić information content (AvgIpc) is 3.28. The van der Waals surface area contributed by atoms with E-state index in [-0.39, 0.29) is 31.5 Å². The van der Waals surface area contributed by atoms with Crippen molar-refractivity contribution in [2.75, 3.05) is 19.6 Å². The van der Waals surface area contributed by atoms with Crippen molar-refractivity contribution in [3.05, 3.63) is 63.9 Å². The van der Waals surface area contributed by atoms with E-state index in [4.69, 9.17) is 4.74 Å². The average molecular weight is 495 g/mol. The molecule has 3 atom stereocenters. The van der Waals surface area contributed by atoms with Gasteiger partial charge in [0.1, 0.15) is 11.8 Å². The van der Waals surface area contributed by atoms with Gasteiger partial charge in [0.25, 0.3) is 0 Å². The van der Waals surface area contributed by atoms with Crippen LogP contribution in [0.5, 0.6) is 6.01 Å². The molecule has 1 fully saturated rings. The molecule has 35 heavy (non-hydrogen) atoms. The molecule has 1 N–H and O–H groups in total. The number of imidazole rings is 1. The number of benzene rings is 1. The van der Waals surface area contributed by atoms with Crippen LogP contribution in [-0.2, 0) is 12.7 Å². The molecular formula is C22H24F3N5O5. The number of carbonyl (C=O) groups is 1. The monoisotopic (exact) mass is 495 g/mol. The van der Waals surface area contributed by atoms with Crippen LogP contribution < -0.4 is 4.74 Å². The van der Waals surface area contributed by atoms with Gasteiger partial charge < -0.3 is 20.0 Å². The third-order valence-electron chi connectivity index (χ3n) is 6.21. The summed E-state index contributed by atoms with van der Waals surface area (Å²) >= 11 is 0. The lowest BCUT2D eigenvalue weighted by atomic mass is 9.91. The van der Waals surface area contributed by atoms with Crippen molar-refractivity contribution in [1.82, 2.24) is 19.4 Å². The first kappa shape index (κ1) is 24.5. The smallest absolute Gasteiger partial charge is 0.416 e. The van der Waals surface area contributed by atoms with Crippen LogP contribution in [0.25, 0.3) is 0 Å². The van der Waals surface area contributed by atoms with E-state index in [1.807, 2.05) is 11.8 Å². The Balaban J connectivity index is 1.65. The number of piperazine rings is 1. The number of allylic oxidation sites excluding steroid dienone is 1. The van der Waals surface area contributed by atoms with Crippen molar-refractivity contribution >= 4 is 11.9 Å². The van der Waals surface area contributed by atoms with Crippen LogP contribution in [0.15, 0.2) is 42.6 Å². The second kappa shape index (κ2) is 8.87. The number of hydrogen-bond acceptors (Lipinski definition) is 6. The van der Waals surface area contributed by atoms with Crippen LogP contribution in [0.1, 0.15) is 31.0 Å². The number of nitro groups is 1. The molecule has 2 aromatic rings. The Hall–Kier alpha value is -3.61. The van der Waals surface area contributed by atoms with Crippen LogP contribution in [0.3, 0.4) is 0 Å². The van der Waals surface area contributed by atoms with Crippen molar-refractivity contribution in [3.63, 3.8) is 0 Å². The van der Waals surface area contributed by atoms with Crippen molar-refractivity contribution < 1.29 is 32.7 Å². The molecule has 10 nitrogen and oxygen atoms in total. The van der Waals surface area contributed by atoms with Crippen molar-refractivity contribution in [2.24, 2.45) is 0 Å². The molecule has 1 amide bonds. The van der Waals surface area contributed by atoms with E-state index in [1.54, 1.807) is 23.6 Å². The van der Waals surface area contributed by atoms with Crippen LogP contribution in [-0.4, -0.2) is 66.8 Å². The Bertz CT molecular complexity index is 1120. The Morgan fingerprint density at radius 3 is 2.57 bits per heavy atom. The summed E-state index contributed by atoms with van der Waals surface area (Å²) in [6.45, 7) is 4.62. The zero-order valence-corrected chi connectivity index (χ0v) is 19.0. The number of carboxylic acid groups (broad SMARTS) is 1. The van der Waals surface area contributed by atoms with Gasteiger partial charge in [-0.05, 0) is 36.5 Å². The fraction of sp³-hybridized carbons (Fsp3) is 0.455. The van der Waals surface area contributed by atoms with Crippen LogP contribution >= 0.6 is 0 Å². The van der Waals surface area contributed by atoms with Gasteiger partial charge in [-0.25, -0.2) is 4.79 Å². The largest absolute Gasteiger partial charge is 0.465 e. The van der Waals surface area contributed by atoms with E-state index in [0.29, 0.717) is 12.1 Å². The van der Waals surface area contributed by atoms with Gasteiger partial charge in [-0.3, -0.25) is 14.4 Å². The number of fused-ring (bicyclic) bond motifs is 1. The van der Waals surface area contributed by atoms with Crippen LogP contribution in [0.4, 0.5) is 23.8 Å². The molecule has 0 radical (unpaired) electrons. The predicted octanol–water partition coefficient (Wildman–Crippen LogP) is 3.94. The maximum absolute atomic E-state index is 13.1. The number of amides is 1. The highest BCUT2D eigenvalue weighted by Crippen LogP contribution is 2.38. The standard InChI is InChI=1S/C22H24F3N5O5/c1-3-4-16-18(14-5-7-15(8-6-14)22(23,24)25)27(9-10-29(16)20(31)32)12-21(2)13-28-11-17(30(33)34)26-19(28)35-21/h3-8,11,16,18H,9-10,12-13H2,1-2H3,(H,31,32). The molecule has 3 heterocycles. The molecule has 188 valence electrons. The summed E-state index contributed by atoms with van der Waals surface area (Å²) in [5.41, 5.74) is -1.10. The summed E-state index contributed by atoms with van der Waals surface area (Å²) in [4.78, 5) is 29.5. The lowest BCUT2D eigenvalue weighted by Crippen LogP contribution is -2.59. The molecule has 1 aromatic heterocycles. The maximum atomic E-state index is 13.1. The Morgan fingerprint density at radius 2 is 2.03 bits per heavy atom. The van der Waals surface area contributed by atoms with E-state index >= 15 is 0 Å². The quantitative estimate of drug-likeness (QED) is 0.380. The zero-order chi connectivity index (χ0) is 25.5. The predicted molar refractivity (Wildman–Crippen MR) is 117 cm³/mol. The molecule has 0 spiro atoms. The topological polar surface area (TPSA) is 114 Å². The first-order valence-electron chi connectivity index (χ1n) is 10.9. The molecule has 0 saturated carbocycles. The van der Waals surface area contributed by atoms with Crippen molar-refractivity contribution in [3.8, 4) is 6.01 Å². The second-order valence-electron chi connectivity index (χ2n) is 8.85. The number of hydrogen-bond donors (Lipinski definition) is 1. The Morgan fingerprint density at radius 1 is 1.34 bits per heavy atom. The number of ether oxygens (including phenoxy) is 1. The fourth-order valence-electron chi connectivity index (χ4n) is 4.79. The molecule has 13 heteroatoms. The minimum Gasteiger partial charge on any atom is -0.465 e. The van der Waals surface area contributed by atoms with Gasteiger partial charge in [0.2, 0.25) is 0 Å². The van der Waals surface area contributed by atoms with E-state index in [2.05, 4.69) is 4.98 Å². The molecule has 3 unspecified atom stereocenters. The fourth-order valence-corrected chi connectivity index (χ4v) is 4.79. The van der Waals surface area contributed by atoms with Gasteiger partial charge >= 0.3 is 24.1 Å². The summed E-state index contributed by atoms with van der Waals surface area (Å²) in [5.74, 6) is -0.326. The van der Waals surface area contributed by atoms with Gasteiger partial charge in [0, 0.05) is 24.6 Å². The summed E-state index contributed by atoms with van der Waals surface area (Å²) in [5, 5.41) is 20.8. The van der Waals surface area contributed by atoms with Crippen molar-refractivity contribution in [1.29, 1.82) is 0 Å². The second-order valence-corrected chi connectivity index (χ2v) is 8.85. The highest BCUT2D eigenvalue weighted by Gasteiger charge is 2.46. The van der Waals surface area contributed by atoms with E-state index in [1.165, 1.54) is 23.2 Å². The molecule has 2 aliphatic heterocycles. The SMILES string of the molecule is CC=CC1C(c2ccc(C(F)(F)F)cc2)N(CC2(C)Cn3cc([N+](=O)[O-])nc3O2)CCN1C(=O)O. The molecule has 2 aliphatic rings. The molecule has 0 bridgehead atoms.